The van der Waals surface area contributed by atoms with Gasteiger partial charge in [-0.1, -0.05) is 12.1 Å². The van der Waals surface area contributed by atoms with Crippen LogP contribution in [0.5, 0.6) is 17.2 Å². The fourth-order valence-electron chi connectivity index (χ4n) is 6.49. The van der Waals surface area contributed by atoms with E-state index in [1.54, 1.807) is 0 Å². The Bertz CT molecular complexity index is 1490. The third kappa shape index (κ3) is 5.37. The maximum Gasteiger partial charge on any atom is 0.306 e. The van der Waals surface area contributed by atoms with Gasteiger partial charge in [0.05, 0.1) is 45.0 Å². The van der Waals surface area contributed by atoms with Crippen molar-refractivity contribution in [2.24, 2.45) is 0 Å². The van der Waals surface area contributed by atoms with E-state index < -0.39 is 0 Å². The molecule has 0 bridgehead atoms. The normalized spacial score (nSPS) is 19.6. The van der Waals surface area contributed by atoms with Crippen molar-refractivity contribution in [3.05, 3.63) is 75.8 Å². The van der Waals surface area contributed by atoms with Gasteiger partial charge in [-0.3, -0.25) is 4.79 Å². The van der Waals surface area contributed by atoms with Gasteiger partial charge in [0.25, 0.3) is 0 Å². The zero-order valence-electron chi connectivity index (χ0n) is 23.8. The summed E-state index contributed by atoms with van der Waals surface area (Å²) in [6, 6.07) is 16.4. The van der Waals surface area contributed by atoms with Crippen LogP contribution in [0.2, 0.25) is 0 Å². The molecule has 6 rings (SSSR count). The van der Waals surface area contributed by atoms with Crippen molar-refractivity contribution < 1.29 is 28.5 Å². The molecule has 41 heavy (non-hydrogen) atoms. The molecule has 0 radical (unpaired) electrons. The van der Waals surface area contributed by atoms with Gasteiger partial charge in [-0.25, -0.2) is 0 Å². The molecule has 7 heteroatoms. The van der Waals surface area contributed by atoms with Crippen LogP contribution < -0.4 is 14.2 Å². The summed E-state index contributed by atoms with van der Waals surface area (Å²) in [5, 5.41) is 10.1. The molecule has 2 atom stereocenters. The Hall–Kier alpha value is -4.02. The van der Waals surface area contributed by atoms with Crippen molar-refractivity contribution in [1.29, 1.82) is 5.26 Å². The predicted octanol–water partition coefficient (Wildman–Crippen LogP) is 6.51. The molecule has 1 fully saturated rings. The number of aryl methyl sites for hydroxylation is 2. The number of esters is 1. The van der Waals surface area contributed by atoms with E-state index in [0.717, 1.165) is 89.5 Å². The van der Waals surface area contributed by atoms with Crippen LogP contribution in [0.3, 0.4) is 0 Å². The lowest BCUT2D eigenvalue weighted by Crippen LogP contribution is -2.25. The Morgan fingerprint density at radius 1 is 0.951 bits per heavy atom. The van der Waals surface area contributed by atoms with Gasteiger partial charge in [0.1, 0.15) is 29.5 Å². The molecule has 2 heterocycles. The molecule has 0 saturated carbocycles. The number of nitriles is 1. The maximum atomic E-state index is 11.8. The summed E-state index contributed by atoms with van der Waals surface area (Å²) in [6.45, 7) is 6.12. The molecule has 0 amide bonds. The third-order valence-electron chi connectivity index (χ3n) is 8.48. The second-order valence-electron chi connectivity index (χ2n) is 11.2. The summed E-state index contributed by atoms with van der Waals surface area (Å²) >= 11 is 0. The quantitative estimate of drug-likeness (QED) is 0.309. The number of fused-ring (bicyclic) bond motifs is 2. The average Bonchev–Trinajstić information content (AvgIpc) is 3.57. The molecular formula is C34H35NO6. The van der Waals surface area contributed by atoms with Crippen molar-refractivity contribution in [3.8, 4) is 34.4 Å². The minimum absolute atomic E-state index is 0.00869. The van der Waals surface area contributed by atoms with E-state index in [-0.39, 0.29) is 24.1 Å². The number of carbonyl (C=O) groups is 1. The number of benzene rings is 3. The summed E-state index contributed by atoms with van der Waals surface area (Å²) in [5.74, 6) is 2.10. The number of nitrogens with zero attached hydrogens (tertiary/aromatic N) is 1. The molecule has 0 N–H and O–H groups in total. The van der Waals surface area contributed by atoms with Gasteiger partial charge >= 0.3 is 5.97 Å². The van der Waals surface area contributed by atoms with E-state index in [1.165, 1.54) is 12.7 Å². The van der Waals surface area contributed by atoms with E-state index in [2.05, 4.69) is 32.0 Å². The van der Waals surface area contributed by atoms with Gasteiger partial charge in [-0.2, -0.15) is 5.26 Å². The monoisotopic (exact) mass is 553 g/mol. The van der Waals surface area contributed by atoms with Crippen molar-refractivity contribution in [1.82, 2.24) is 0 Å². The lowest BCUT2D eigenvalue weighted by atomic mass is 9.87. The molecule has 3 aromatic carbocycles. The molecule has 7 nitrogen and oxygen atoms in total. The van der Waals surface area contributed by atoms with E-state index >= 15 is 0 Å². The van der Waals surface area contributed by atoms with Gasteiger partial charge in [-0.15, -0.1) is 0 Å². The van der Waals surface area contributed by atoms with Gasteiger partial charge in [0.2, 0.25) is 0 Å². The van der Waals surface area contributed by atoms with Crippen molar-refractivity contribution in [2.75, 3.05) is 26.9 Å². The SMILES string of the molecule is COC(=O)C[C@@H]1COc2cc(O[C@@H]3CCc4c3ccc(C#N)c4-c3c(C)cc(OC4CCOCC4)cc3C)ccc21. The summed E-state index contributed by atoms with van der Waals surface area (Å²) < 4.78 is 29.0. The number of ether oxygens (including phenoxy) is 5. The number of hydrogen-bond acceptors (Lipinski definition) is 7. The fourth-order valence-corrected chi connectivity index (χ4v) is 6.49. The second kappa shape index (κ2) is 11.5. The van der Waals surface area contributed by atoms with E-state index in [9.17, 15) is 10.1 Å². The molecule has 212 valence electrons. The number of carbonyl (C=O) groups excluding carboxylic acids is 1. The van der Waals surface area contributed by atoms with E-state index in [1.807, 2.05) is 30.3 Å². The average molecular weight is 554 g/mol. The van der Waals surface area contributed by atoms with Gasteiger partial charge < -0.3 is 23.7 Å². The van der Waals surface area contributed by atoms with Crippen LogP contribution in [0.25, 0.3) is 11.1 Å². The standard InChI is InChI=1S/C34H35NO6/c1-20-14-26(40-24-10-12-38-13-11-24)15-21(2)33(20)34-22(18-35)4-6-28-29(34)8-9-30(28)41-25-5-7-27-23(16-32(36)37-3)19-39-31(27)17-25/h4-7,14-15,17,23-24,30H,8-13,16,19H2,1-3H3/t23-,30-/m1/s1. The Labute approximate surface area is 240 Å². The van der Waals surface area contributed by atoms with Gasteiger partial charge in [0, 0.05) is 36.0 Å². The van der Waals surface area contributed by atoms with Crippen LogP contribution in [0.4, 0.5) is 0 Å². The maximum absolute atomic E-state index is 11.8. The first-order valence-electron chi connectivity index (χ1n) is 14.4. The summed E-state index contributed by atoms with van der Waals surface area (Å²) in [6.07, 6.45) is 3.79. The fraction of sp³-hybridized carbons (Fsp3) is 0.412. The molecular weight excluding hydrogens is 518 g/mol. The van der Waals surface area contributed by atoms with Crippen LogP contribution in [-0.2, 0) is 20.7 Å². The Morgan fingerprint density at radius 2 is 1.71 bits per heavy atom. The molecule has 0 aromatic heterocycles. The first kappa shape index (κ1) is 27.2. The zero-order chi connectivity index (χ0) is 28.5. The molecule has 3 aromatic rings. The van der Waals surface area contributed by atoms with Crippen LogP contribution in [0, 0.1) is 25.2 Å². The van der Waals surface area contributed by atoms with Crippen LogP contribution in [0.1, 0.15) is 71.1 Å². The number of hydrogen-bond donors (Lipinski definition) is 0. The Kier molecular flexibility index (Phi) is 7.59. The van der Waals surface area contributed by atoms with Gasteiger partial charge in [0.15, 0.2) is 0 Å². The zero-order valence-corrected chi connectivity index (χ0v) is 23.8. The Balaban J connectivity index is 1.27. The first-order chi connectivity index (χ1) is 19.9. The lowest BCUT2D eigenvalue weighted by Gasteiger charge is -2.24. The lowest BCUT2D eigenvalue weighted by molar-refractivity contribution is -0.141. The largest absolute Gasteiger partial charge is 0.492 e. The third-order valence-corrected chi connectivity index (χ3v) is 8.48. The summed E-state index contributed by atoms with van der Waals surface area (Å²) in [7, 11) is 1.40. The minimum atomic E-state index is -0.242. The predicted molar refractivity (Wildman–Crippen MR) is 154 cm³/mol. The highest BCUT2D eigenvalue weighted by molar-refractivity contribution is 5.81. The molecule has 1 saturated heterocycles. The molecule has 3 aliphatic rings. The van der Waals surface area contributed by atoms with Crippen LogP contribution >= 0.6 is 0 Å². The first-order valence-corrected chi connectivity index (χ1v) is 14.4. The summed E-state index contributed by atoms with van der Waals surface area (Å²) in [4.78, 5) is 11.8. The molecule has 0 unspecified atom stereocenters. The van der Waals surface area contributed by atoms with Crippen molar-refractivity contribution in [2.45, 2.75) is 64.1 Å². The van der Waals surface area contributed by atoms with Crippen molar-refractivity contribution in [3.63, 3.8) is 0 Å². The number of rotatable bonds is 7. The smallest absolute Gasteiger partial charge is 0.306 e. The van der Waals surface area contributed by atoms with Crippen molar-refractivity contribution >= 4 is 5.97 Å². The van der Waals surface area contributed by atoms with Crippen LogP contribution in [-0.4, -0.2) is 39.0 Å². The van der Waals surface area contributed by atoms with E-state index in [4.69, 9.17) is 23.7 Å². The Morgan fingerprint density at radius 3 is 2.44 bits per heavy atom. The highest BCUT2D eigenvalue weighted by atomic mass is 16.5. The molecule has 2 aliphatic heterocycles. The topological polar surface area (TPSA) is 87.0 Å². The highest BCUT2D eigenvalue weighted by Gasteiger charge is 2.31. The number of methoxy groups -OCH3 is 1. The minimum Gasteiger partial charge on any atom is -0.492 e. The summed E-state index contributed by atoms with van der Waals surface area (Å²) in [5.41, 5.74) is 8.27. The van der Waals surface area contributed by atoms with Gasteiger partial charge in [-0.05, 0) is 78.8 Å². The molecule has 1 aliphatic carbocycles. The van der Waals surface area contributed by atoms with E-state index in [0.29, 0.717) is 18.6 Å². The highest BCUT2D eigenvalue weighted by Crippen LogP contribution is 2.45. The molecule has 0 spiro atoms. The van der Waals surface area contributed by atoms with Crippen LogP contribution in [0.15, 0.2) is 42.5 Å². The second-order valence-corrected chi connectivity index (χ2v) is 11.2.